The van der Waals surface area contributed by atoms with Gasteiger partial charge in [0, 0.05) is 24.2 Å². The SMILES string of the molecule is Cc1cc(CNC(=O)/C=C/c2ccc(C(F)(F)F)nc2NC(C)C)cc(F)c1NS(C)(=O)=O. The molecule has 0 saturated carbocycles. The minimum atomic E-state index is -4.60. The molecule has 0 fully saturated rings. The molecule has 1 aromatic heterocycles. The smallest absolute Gasteiger partial charge is 0.367 e. The maximum atomic E-state index is 14.3. The lowest BCUT2D eigenvalue weighted by molar-refractivity contribution is -0.141. The van der Waals surface area contributed by atoms with Gasteiger partial charge in [0.2, 0.25) is 15.9 Å². The van der Waals surface area contributed by atoms with Crippen LogP contribution in [0.1, 0.15) is 36.2 Å². The van der Waals surface area contributed by atoms with Gasteiger partial charge in [-0.1, -0.05) is 6.07 Å². The molecule has 0 bridgehead atoms. The molecule has 0 aliphatic rings. The van der Waals surface area contributed by atoms with Crippen molar-refractivity contribution < 1.29 is 30.8 Å². The zero-order chi connectivity index (χ0) is 25.0. The summed E-state index contributed by atoms with van der Waals surface area (Å²) in [6.45, 7) is 4.94. The Morgan fingerprint density at radius 1 is 1.21 bits per heavy atom. The summed E-state index contributed by atoms with van der Waals surface area (Å²) in [6, 6.07) is 4.44. The number of aromatic nitrogens is 1. The van der Waals surface area contributed by atoms with Crippen LogP contribution in [0.15, 0.2) is 30.3 Å². The van der Waals surface area contributed by atoms with Gasteiger partial charge in [0.1, 0.15) is 17.3 Å². The Morgan fingerprint density at radius 3 is 2.42 bits per heavy atom. The van der Waals surface area contributed by atoms with E-state index in [0.717, 1.165) is 24.5 Å². The summed E-state index contributed by atoms with van der Waals surface area (Å²) < 4.78 is 77.9. The fourth-order valence-electron chi connectivity index (χ4n) is 2.80. The number of halogens is 4. The molecule has 0 atom stereocenters. The minimum absolute atomic E-state index is 0.0180. The van der Waals surface area contributed by atoms with Crippen molar-refractivity contribution >= 4 is 33.5 Å². The number of aryl methyl sites for hydroxylation is 1. The van der Waals surface area contributed by atoms with Gasteiger partial charge in [-0.3, -0.25) is 9.52 Å². The molecule has 0 aliphatic carbocycles. The predicted octanol–water partition coefficient (Wildman–Crippen LogP) is 4.07. The maximum absolute atomic E-state index is 14.3. The van der Waals surface area contributed by atoms with Crippen LogP contribution in [0, 0.1) is 12.7 Å². The first kappa shape index (κ1) is 26.1. The van der Waals surface area contributed by atoms with Crippen molar-refractivity contribution in [2.45, 2.75) is 39.5 Å². The summed E-state index contributed by atoms with van der Waals surface area (Å²) in [4.78, 5) is 15.8. The van der Waals surface area contributed by atoms with Gasteiger partial charge >= 0.3 is 6.18 Å². The van der Waals surface area contributed by atoms with E-state index in [1.807, 2.05) is 0 Å². The Kier molecular flexibility index (Phi) is 8.06. The van der Waals surface area contributed by atoms with E-state index in [1.54, 1.807) is 13.8 Å². The van der Waals surface area contributed by atoms with Crippen molar-refractivity contribution in [1.82, 2.24) is 10.3 Å². The van der Waals surface area contributed by atoms with Crippen molar-refractivity contribution in [3.05, 3.63) is 58.5 Å². The van der Waals surface area contributed by atoms with Crippen molar-refractivity contribution in [2.24, 2.45) is 0 Å². The molecule has 7 nitrogen and oxygen atoms in total. The van der Waals surface area contributed by atoms with E-state index in [1.165, 1.54) is 25.1 Å². The van der Waals surface area contributed by atoms with Gasteiger partial charge in [0.25, 0.3) is 0 Å². The highest BCUT2D eigenvalue weighted by molar-refractivity contribution is 7.92. The lowest BCUT2D eigenvalue weighted by atomic mass is 10.1. The highest BCUT2D eigenvalue weighted by atomic mass is 32.2. The maximum Gasteiger partial charge on any atom is 0.433 e. The highest BCUT2D eigenvalue weighted by Crippen LogP contribution is 2.30. The second kappa shape index (κ2) is 10.2. The second-order valence-corrected chi connectivity index (χ2v) is 9.37. The van der Waals surface area contributed by atoms with Gasteiger partial charge < -0.3 is 10.6 Å². The normalized spacial score (nSPS) is 12.3. The highest BCUT2D eigenvalue weighted by Gasteiger charge is 2.33. The summed E-state index contributed by atoms with van der Waals surface area (Å²) in [5.41, 5.74) is -0.222. The Balaban J connectivity index is 2.13. The second-order valence-electron chi connectivity index (χ2n) is 7.63. The Morgan fingerprint density at radius 2 is 1.88 bits per heavy atom. The number of carbonyl (C=O) groups is 1. The Labute approximate surface area is 189 Å². The van der Waals surface area contributed by atoms with Crippen molar-refractivity contribution in [2.75, 3.05) is 16.3 Å². The van der Waals surface area contributed by atoms with Gasteiger partial charge in [0.05, 0.1) is 11.9 Å². The van der Waals surface area contributed by atoms with E-state index >= 15 is 0 Å². The Hall–Kier alpha value is -3.15. The summed E-state index contributed by atoms with van der Waals surface area (Å²) >= 11 is 0. The number of anilines is 2. The zero-order valence-electron chi connectivity index (χ0n) is 18.3. The molecular formula is C21H24F4N4O3S. The summed E-state index contributed by atoms with van der Waals surface area (Å²) in [5, 5.41) is 5.35. The molecule has 1 aromatic carbocycles. The molecule has 3 N–H and O–H groups in total. The van der Waals surface area contributed by atoms with Crippen molar-refractivity contribution in [1.29, 1.82) is 0 Å². The first-order valence-electron chi connectivity index (χ1n) is 9.73. The van der Waals surface area contributed by atoms with Crippen LogP contribution in [0.4, 0.5) is 29.1 Å². The van der Waals surface area contributed by atoms with E-state index in [4.69, 9.17) is 0 Å². The standard InChI is InChI=1S/C21H24F4N4O3S/c1-12(2)27-20-15(5-7-17(28-20)21(23,24)25)6-8-18(30)26-11-14-9-13(3)19(16(22)10-14)29-33(4,31)32/h5-10,12,29H,11H2,1-4H3,(H,26,30)(H,27,28)/b8-6+. The number of sulfonamides is 1. The van der Waals surface area contributed by atoms with Crippen LogP contribution >= 0.6 is 0 Å². The average Bonchev–Trinajstić information content (AvgIpc) is 2.66. The molecule has 1 amide bonds. The summed E-state index contributed by atoms with van der Waals surface area (Å²) in [6.07, 6.45) is -1.26. The van der Waals surface area contributed by atoms with Gasteiger partial charge in [0.15, 0.2) is 0 Å². The third-order valence-corrected chi connectivity index (χ3v) is 4.73. The minimum Gasteiger partial charge on any atom is -0.367 e. The van der Waals surface area contributed by atoms with E-state index in [0.29, 0.717) is 11.1 Å². The number of alkyl halides is 3. The van der Waals surface area contributed by atoms with Crippen LogP contribution in [-0.2, 0) is 27.5 Å². The number of nitrogens with zero attached hydrogens (tertiary/aromatic N) is 1. The van der Waals surface area contributed by atoms with Gasteiger partial charge in [-0.2, -0.15) is 13.2 Å². The van der Waals surface area contributed by atoms with Crippen LogP contribution in [0.2, 0.25) is 0 Å². The van der Waals surface area contributed by atoms with Crippen LogP contribution in [0.3, 0.4) is 0 Å². The number of hydrogen-bond acceptors (Lipinski definition) is 5. The van der Waals surface area contributed by atoms with E-state index in [2.05, 4.69) is 20.3 Å². The fraction of sp³-hybridized carbons (Fsp3) is 0.333. The molecule has 0 saturated heterocycles. The molecule has 33 heavy (non-hydrogen) atoms. The van der Waals surface area contributed by atoms with Gasteiger partial charge in [-0.05, 0) is 56.2 Å². The lowest BCUT2D eigenvalue weighted by Crippen LogP contribution is -2.21. The van der Waals surface area contributed by atoms with Gasteiger partial charge in [-0.15, -0.1) is 0 Å². The molecule has 0 radical (unpaired) electrons. The number of benzene rings is 1. The molecular weight excluding hydrogens is 464 g/mol. The lowest BCUT2D eigenvalue weighted by Gasteiger charge is -2.14. The van der Waals surface area contributed by atoms with E-state index in [9.17, 15) is 30.8 Å². The quantitative estimate of drug-likeness (QED) is 0.384. The topological polar surface area (TPSA) is 100 Å². The molecule has 1 heterocycles. The number of nitrogens with one attached hydrogen (secondary N) is 3. The fourth-order valence-corrected chi connectivity index (χ4v) is 3.43. The van der Waals surface area contributed by atoms with Crippen LogP contribution < -0.4 is 15.4 Å². The first-order chi connectivity index (χ1) is 15.2. The Bertz CT molecular complexity index is 1140. The van der Waals surface area contributed by atoms with Crippen LogP contribution in [0.5, 0.6) is 0 Å². The molecule has 12 heteroatoms. The third kappa shape index (κ3) is 8.04. The zero-order valence-corrected chi connectivity index (χ0v) is 19.2. The predicted molar refractivity (Wildman–Crippen MR) is 118 cm³/mol. The molecule has 2 rings (SSSR count). The number of rotatable bonds is 8. The van der Waals surface area contributed by atoms with Crippen molar-refractivity contribution in [3.63, 3.8) is 0 Å². The summed E-state index contributed by atoms with van der Waals surface area (Å²) in [5.74, 6) is -1.38. The average molecular weight is 489 g/mol. The van der Waals surface area contributed by atoms with Crippen LogP contribution in [-0.4, -0.2) is 31.6 Å². The van der Waals surface area contributed by atoms with Crippen molar-refractivity contribution in [3.8, 4) is 0 Å². The van der Waals surface area contributed by atoms with Crippen LogP contribution in [0.25, 0.3) is 6.08 Å². The van der Waals surface area contributed by atoms with E-state index in [-0.39, 0.29) is 29.7 Å². The van der Waals surface area contributed by atoms with E-state index < -0.39 is 33.6 Å². The summed E-state index contributed by atoms with van der Waals surface area (Å²) in [7, 11) is -3.66. The number of hydrogen-bond donors (Lipinski definition) is 3. The monoisotopic (exact) mass is 488 g/mol. The molecule has 0 spiro atoms. The largest absolute Gasteiger partial charge is 0.433 e. The number of amides is 1. The first-order valence-corrected chi connectivity index (χ1v) is 11.6. The van der Waals surface area contributed by atoms with Gasteiger partial charge in [-0.25, -0.2) is 17.8 Å². The molecule has 0 unspecified atom stereocenters. The number of carbonyl (C=O) groups excluding carboxylic acids is 1. The molecule has 180 valence electrons. The molecule has 2 aromatic rings. The molecule has 0 aliphatic heterocycles. The third-order valence-electron chi connectivity index (χ3n) is 4.16. The number of pyridine rings is 1.